The van der Waals surface area contributed by atoms with E-state index in [-0.39, 0.29) is 5.91 Å². The van der Waals surface area contributed by atoms with Crippen LogP contribution in [-0.2, 0) is 0 Å². The Hall–Kier alpha value is -1.45. The summed E-state index contributed by atoms with van der Waals surface area (Å²) in [5, 5.41) is 3.35. The molecule has 3 nitrogen and oxygen atoms in total. The Balaban J connectivity index is 2.22. The van der Waals surface area contributed by atoms with Crippen molar-refractivity contribution >= 4 is 34.8 Å². The van der Waals surface area contributed by atoms with Crippen LogP contribution in [0, 0.1) is 0 Å². The first-order valence-electron chi connectivity index (χ1n) is 4.46. The number of amides is 1. The summed E-state index contributed by atoms with van der Waals surface area (Å²) in [5.74, 6) is -0.294. The molecule has 0 bridgehead atoms. The third kappa shape index (κ3) is 2.21. The lowest BCUT2D eigenvalue weighted by molar-refractivity contribution is 0.102. The van der Waals surface area contributed by atoms with Gasteiger partial charge in [-0.15, -0.1) is 0 Å². The van der Waals surface area contributed by atoms with E-state index in [0.29, 0.717) is 21.3 Å². The van der Waals surface area contributed by atoms with Gasteiger partial charge in [0.1, 0.15) is 6.26 Å². The predicted molar refractivity (Wildman–Crippen MR) is 63.1 cm³/mol. The maximum Gasteiger partial charge on any atom is 0.258 e. The van der Waals surface area contributed by atoms with Crippen molar-refractivity contribution in [3.8, 4) is 0 Å². The van der Waals surface area contributed by atoms with Crippen LogP contribution in [0.1, 0.15) is 10.4 Å². The fourth-order valence-corrected chi connectivity index (χ4v) is 1.54. The molecule has 0 unspecified atom stereocenters. The molecule has 1 amide bonds. The van der Waals surface area contributed by atoms with Crippen LogP contribution in [0.3, 0.4) is 0 Å². The molecule has 2 aromatic rings. The van der Waals surface area contributed by atoms with Crippen LogP contribution in [0.25, 0.3) is 0 Å². The molecule has 0 spiro atoms. The molecule has 16 heavy (non-hydrogen) atoms. The molecule has 0 aliphatic heterocycles. The fraction of sp³-hybridized carbons (Fsp3) is 0. The minimum Gasteiger partial charge on any atom is -0.472 e. The highest BCUT2D eigenvalue weighted by molar-refractivity contribution is 6.44. The topological polar surface area (TPSA) is 42.2 Å². The monoisotopic (exact) mass is 255 g/mol. The van der Waals surface area contributed by atoms with Crippen molar-refractivity contribution < 1.29 is 9.21 Å². The van der Waals surface area contributed by atoms with Gasteiger partial charge in [-0.2, -0.15) is 0 Å². The van der Waals surface area contributed by atoms with Gasteiger partial charge in [0.15, 0.2) is 0 Å². The van der Waals surface area contributed by atoms with E-state index in [9.17, 15) is 4.79 Å². The molecule has 1 N–H and O–H groups in total. The van der Waals surface area contributed by atoms with Gasteiger partial charge in [-0.1, -0.05) is 29.3 Å². The number of carbonyl (C=O) groups is 1. The van der Waals surface area contributed by atoms with Crippen LogP contribution >= 0.6 is 23.2 Å². The van der Waals surface area contributed by atoms with Crippen LogP contribution < -0.4 is 5.32 Å². The standard InChI is InChI=1S/C11H7Cl2NO2/c12-8-2-1-3-9(10(8)13)14-11(15)7-4-5-16-6-7/h1-6H,(H,14,15). The average molecular weight is 256 g/mol. The Kier molecular flexibility index (Phi) is 3.17. The zero-order valence-corrected chi connectivity index (χ0v) is 9.55. The average Bonchev–Trinajstić information content (AvgIpc) is 2.78. The molecule has 1 aromatic carbocycles. The lowest BCUT2D eigenvalue weighted by Crippen LogP contribution is -2.11. The second-order valence-corrected chi connectivity index (χ2v) is 3.85. The van der Waals surface area contributed by atoms with Gasteiger partial charge in [0.05, 0.1) is 27.6 Å². The van der Waals surface area contributed by atoms with Crippen molar-refractivity contribution in [3.63, 3.8) is 0 Å². The van der Waals surface area contributed by atoms with Crippen LogP contribution in [0.2, 0.25) is 10.0 Å². The quantitative estimate of drug-likeness (QED) is 0.886. The SMILES string of the molecule is O=C(Nc1cccc(Cl)c1Cl)c1ccoc1. The Bertz CT molecular complexity index is 509. The summed E-state index contributed by atoms with van der Waals surface area (Å²) in [5.41, 5.74) is 0.899. The number of anilines is 1. The molecule has 0 radical (unpaired) electrons. The third-order valence-corrected chi connectivity index (χ3v) is 2.80. The predicted octanol–water partition coefficient (Wildman–Crippen LogP) is 3.84. The van der Waals surface area contributed by atoms with E-state index in [1.165, 1.54) is 12.5 Å². The van der Waals surface area contributed by atoms with Gasteiger partial charge < -0.3 is 9.73 Å². The normalized spacial score (nSPS) is 10.1. The van der Waals surface area contributed by atoms with Gasteiger partial charge in [0.25, 0.3) is 5.91 Å². The Morgan fingerprint density at radius 2 is 2.06 bits per heavy atom. The van der Waals surface area contributed by atoms with Crippen molar-refractivity contribution in [2.24, 2.45) is 0 Å². The van der Waals surface area contributed by atoms with Crippen molar-refractivity contribution in [3.05, 3.63) is 52.4 Å². The smallest absolute Gasteiger partial charge is 0.258 e. The molecule has 0 aliphatic carbocycles. The van der Waals surface area contributed by atoms with Gasteiger partial charge in [0.2, 0.25) is 0 Å². The molecule has 0 saturated carbocycles. The summed E-state index contributed by atoms with van der Waals surface area (Å²) in [6.45, 7) is 0. The second kappa shape index (κ2) is 4.60. The van der Waals surface area contributed by atoms with E-state index < -0.39 is 0 Å². The Morgan fingerprint density at radius 3 is 2.75 bits per heavy atom. The first-order chi connectivity index (χ1) is 7.68. The molecule has 0 saturated heterocycles. The first-order valence-corrected chi connectivity index (χ1v) is 5.21. The Labute approximate surface area is 102 Å². The molecule has 0 atom stereocenters. The Morgan fingerprint density at radius 1 is 1.25 bits per heavy atom. The lowest BCUT2D eigenvalue weighted by atomic mass is 10.3. The van der Waals surface area contributed by atoms with Crippen molar-refractivity contribution in [2.45, 2.75) is 0 Å². The van der Waals surface area contributed by atoms with E-state index in [1.807, 2.05) is 0 Å². The molecule has 5 heteroatoms. The number of halogens is 2. The molecule has 0 fully saturated rings. The van der Waals surface area contributed by atoms with E-state index in [1.54, 1.807) is 24.3 Å². The highest BCUT2D eigenvalue weighted by Gasteiger charge is 2.10. The number of hydrogen-bond donors (Lipinski definition) is 1. The minimum atomic E-state index is -0.294. The molecule has 1 aromatic heterocycles. The second-order valence-electron chi connectivity index (χ2n) is 3.07. The number of hydrogen-bond acceptors (Lipinski definition) is 2. The molecule has 2 rings (SSSR count). The minimum absolute atomic E-state index is 0.294. The summed E-state index contributed by atoms with van der Waals surface area (Å²) in [7, 11) is 0. The number of benzene rings is 1. The van der Waals surface area contributed by atoms with E-state index in [4.69, 9.17) is 27.6 Å². The highest BCUT2D eigenvalue weighted by Crippen LogP contribution is 2.29. The molecular formula is C11H7Cl2NO2. The number of nitrogens with one attached hydrogen (secondary N) is 1. The molecule has 82 valence electrons. The molecular weight excluding hydrogens is 249 g/mol. The molecule has 0 aliphatic rings. The number of rotatable bonds is 2. The summed E-state index contributed by atoms with van der Waals surface area (Å²) >= 11 is 11.7. The lowest BCUT2D eigenvalue weighted by Gasteiger charge is -2.06. The largest absolute Gasteiger partial charge is 0.472 e. The summed E-state index contributed by atoms with van der Waals surface area (Å²) < 4.78 is 4.81. The zero-order valence-electron chi connectivity index (χ0n) is 8.04. The fourth-order valence-electron chi connectivity index (χ4n) is 1.19. The van der Waals surface area contributed by atoms with Crippen LogP contribution in [0.15, 0.2) is 41.2 Å². The van der Waals surface area contributed by atoms with Crippen LogP contribution in [-0.4, -0.2) is 5.91 Å². The van der Waals surface area contributed by atoms with E-state index >= 15 is 0 Å². The van der Waals surface area contributed by atoms with Crippen molar-refractivity contribution in [1.29, 1.82) is 0 Å². The van der Waals surface area contributed by atoms with Gasteiger partial charge >= 0.3 is 0 Å². The maximum atomic E-state index is 11.7. The summed E-state index contributed by atoms with van der Waals surface area (Å²) in [6.07, 6.45) is 2.78. The number of carbonyl (C=O) groups excluding carboxylic acids is 1. The van der Waals surface area contributed by atoms with Crippen LogP contribution in [0.4, 0.5) is 5.69 Å². The van der Waals surface area contributed by atoms with E-state index in [0.717, 1.165) is 0 Å². The van der Waals surface area contributed by atoms with Crippen LogP contribution in [0.5, 0.6) is 0 Å². The third-order valence-electron chi connectivity index (χ3n) is 1.98. The van der Waals surface area contributed by atoms with Gasteiger partial charge in [-0.05, 0) is 18.2 Å². The molecule has 1 heterocycles. The van der Waals surface area contributed by atoms with Gasteiger partial charge in [-0.25, -0.2) is 0 Å². The summed E-state index contributed by atoms with van der Waals surface area (Å²) in [4.78, 5) is 11.7. The van der Waals surface area contributed by atoms with Gasteiger partial charge in [0, 0.05) is 0 Å². The van der Waals surface area contributed by atoms with Crippen molar-refractivity contribution in [1.82, 2.24) is 0 Å². The first kappa shape index (κ1) is 11.0. The van der Waals surface area contributed by atoms with E-state index in [2.05, 4.69) is 5.32 Å². The number of furan rings is 1. The summed E-state index contributed by atoms with van der Waals surface area (Å²) in [6, 6.07) is 6.59. The maximum absolute atomic E-state index is 11.7. The van der Waals surface area contributed by atoms with Gasteiger partial charge in [-0.3, -0.25) is 4.79 Å². The highest BCUT2D eigenvalue weighted by atomic mass is 35.5. The zero-order chi connectivity index (χ0) is 11.5. The van der Waals surface area contributed by atoms with Crippen molar-refractivity contribution in [2.75, 3.05) is 5.32 Å².